The summed E-state index contributed by atoms with van der Waals surface area (Å²) in [6.45, 7) is 1.53. The molecule has 17 heavy (non-hydrogen) atoms. The molecule has 2 rings (SSSR count). The van der Waals surface area contributed by atoms with E-state index in [2.05, 4.69) is 10.3 Å². The lowest BCUT2D eigenvalue weighted by atomic mass is 10.2. The summed E-state index contributed by atoms with van der Waals surface area (Å²) in [5.74, 6) is 0.345. The Morgan fingerprint density at radius 3 is 2.65 bits per heavy atom. The Hall–Kier alpha value is -1.87. The third-order valence-corrected chi connectivity index (χ3v) is 2.59. The van der Waals surface area contributed by atoms with Crippen LogP contribution in [0.4, 0.5) is 0 Å². The molecule has 0 atom stereocenters. The summed E-state index contributed by atoms with van der Waals surface area (Å²) in [7, 11) is 0. The van der Waals surface area contributed by atoms with Crippen molar-refractivity contribution in [3.8, 4) is 5.75 Å². The van der Waals surface area contributed by atoms with Gasteiger partial charge in [0, 0.05) is 37.0 Å². The Balaban J connectivity index is 1.76. The molecule has 3 nitrogen and oxygen atoms in total. The quantitative estimate of drug-likeness (QED) is 0.770. The van der Waals surface area contributed by atoms with Crippen molar-refractivity contribution >= 4 is 0 Å². The molecule has 0 spiro atoms. The van der Waals surface area contributed by atoms with Crippen LogP contribution in [0.25, 0.3) is 0 Å². The summed E-state index contributed by atoms with van der Waals surface area (Å²) < 4.78 is 0. The lowest BCUT2D eigenvalue weighted by Gasteiger charge is -2.06. The van der Waals surface area contributed by atoms with Crippen molar-refractivity contribution in [3.05, 3.63) is 59.9 Å². The van der Waals surface area contributed by atoms with Crippen LogP contribution in [0.15, 0.2) is 48.7 Å². The van der Waals surface area contributed by atoms with Crippen molar-refractivity contribution in [1.82, 2.24) is 10.3 Å². The summed E-state index contributed by atoms with van der Waals surface area (Å²) in [4.78, 5) is 4.25. The fourth-order valence-corrected chi connectivity index (χ4v) is 1.65. The van der Waals surface area contributed by atoms with Crippen molar-refractivity contribution in [3.63, 3.8) is 0 Å². The summed E-state index contributed by atoms with van der Waals surface area (Å²) in [5, 5.41) is 12.9. The Labute approximate surface area is 101 Å². The molecule has 0 saturated carbocycles. The molecule has 0 amide bonds. The highest BCUT2D eigenvalue weighted by atomic mass is 16.3. The Morgan fingerprint density at radius 1 is 1.06 bits per heavy atom. The maximum absolute atomic E-state index is 9.57. The molecule has 0 fully saturated rings. The van der Waals surface area contributed by atoms with E-state index in [0.29, 0.717) is 12.3 Å². The van der Waals surface area contributed by atoms with Crippen molar-refractivity contribution in [1.29, 1.82) is 0 Å². The molecule has 3 heteroatoms. The first-order valence-electron chi connectivity index (χ1n) is 5.74. The lowest BCUT2D eigenvalue weighted by Crippen LogP contribution is -2.17. The summed E-state index contributed by atoms with van der Waals surface area (Å²) in [6.07, 6.45) is 2.70. The second-order valence-electron chi connectivity index (χ2n) is 3.88. The van der Waals surface area contributed by atoms with Crippen LogP contribution in [0, 0.1) is 0 Å². The molecule has 0 bridgehead atoms. The minimum absolute atomic E-state index is 0.345. The van der Waals surface area contributed by atoms with Gasteiger partial charge in [-0.25, -0.2) is 0 Å². The predicted molar refractivity (Wildman–Crippen MR) is 67.8 cm³/mol. The first-order valence-corrected chi connectivity index (χ1v) is 5.74. The fraction of sp³-hybridized carbons (Fsp3) is 0.214. The number of benzene rings is 1. The molecule has 0 aliphatic carbocycles. The molecule has 0 saturated heterocycles. The van der Waals surface area contributed by atoms with Crippen molar-refractivity contribution in [2.75, 3.05) is 6.54 Å². The molecule has 88 valence electrons. The van der Waals surface area contributed by atoms with Crippen molar-refractivity contribution in [2.45, 2.75) is 13.0 Å². The van der Waals surface area contributed by atoms with E-state index in [0.717, 1.165) is 24.2 Å². The molecule has 1 aromatic carbocycles. The largest absolute Gasteiger partial charge is 0.508 e. The maximum atomic E-state index is 9.57. The van der Waals surface area contributed by atoms with Crippen LogP contribution >= 0.6 is 0 Å². The lowest BCUT2D eigenvalue weighted by molar-refractivity contribution is 0.464. The van der Waals surface area contributed by atoms with E-state index in [-0.39, 0.29) is 0 Å². The van der Waals surface area contributed by atoms with Crippen LogP contribution < -0.4 is 5.32 Å². The van der Waals surface area contributed by atoms with Crippen LogP contribution in [-0.2, 0) is 13.0 Å². The summed E-state index contributed by atoms with van der Waals surface area (Å²) >= 11 is 0. The normalized spacial score (nSPS) is 10.4. The van der Waals surface area contributed by atoms with Gasteiger partial charge in [0.25, 0.3) is 0 Å². The molecule has 1 heterocycles. The number of aromatic hydroxyl groups is 1. The number of phenolic OH excluding ortho intramolecular Hbond substituents is 1. The molecule has 0 aliphatic rings. The topological polar surface area (TPSA) is 45.1 Å². The molecule has 2 aromatic rings. The average molecular weight is 228 g/mol. The van der Waals surface area contributed by atoms with E-state index < -0.39 is 0 Å². The molecule has 0 unspecified atom stereocenters. The van der Waals surface area contributed by atoms with Crippen molar-refractivity contribution in [2.24, 2.45) is 0 Å². The molecule has 1 aromatic heterocycles. The standard InChI is InChI=1S/C14H16N2O/c17-14-7-2-1-5-12(14)11-15-10-8-13-6-3-4-9-16-13/h1-7,9,15,17H,8,10-11H2. The maximum Gasteiger partial charge on any atom is 0.120 e. The number of phenols is 1. The van der Waals surface area contributed by atoms with Crippen LogP contribution in [0.1, 0.15) is 11.3 Å². The van der Waals surface area contributed by atoms with Gasteiger partial charge in [-0.3, -0.25) is 4.98 Å². The van der Waals surface area contributed by atoms with E-state index in [4.69, 9.17) is 0 Å². The highest BCUT2D eigenvalue weighted by Crippen LogP contribution is 2.14. The van der Waals surface area contributed by atoms with E-state index >= 15 is 0 Å². The highest BCUT2D eigenvalue weighted by Gasteiger charge is 1.98. The van der Waals surface area contributed by atoms with Crippen LogP contribution in [0.2, 0.25) is 0 Å². The molecular weight excluding hydrogens is 212 g/mol. The van der Waals surface area contributed by atoms with Crippen molar-refractivity contribution < 1.29 is 5.11 Å². The fourth-order valence-electron chi connectivity index (χ4n) is 1.65. The van der Waals surface area contributed by atoms with Crippen LogP contribution in [-0.4, -0.2) is 16.6 Å². The van der Waals surface area contributed by atoms with Gasteiger partial charge >= 0.3 is 0 Å². The number of rotatable bonds is 5. The minimum atomic E-state index is 0.345. The monoisotopic (exact) mass is 228 g/mol. The first-order chi connectivity index (χ1) is 8.36. The zero-order valence-corrected chi connectivity index (χ0v) is 9.63. The molecule has 0 radical (unpaired) electrons. The summed E-state index contributed by atoms with van der Waals surface area (Å²) in [5.41, 5.74) is 2.01. The number of nitrogens with one attached hydrogen (secondary N) is 1. The van der Waals surface area contributed by atoms with Gasteiger partial charge in [-0.1, -0.05) is 24.3 Å². The second kappa shape index (κ2) is 6.01. The third-order valence-electron chi connectivity index (χ3n) is 2.59. The second-order valence-corrected chi connectivity index (χ2v) is 3.88. The molecule has 2 N–H and O–H groups in total. The zero-order valence-electron chi connectivity index (χ0n) is 9.63. The zero-order chi connectivity index (χ0) is 11.9. The van der Waals surface area contributed by atoms with Gasteiger partial charge in [0.1, 0.15) is 5.75 Å². The number of hydrogen-bond acceptors (Lipinski definition) is 3. The number of nitrogens with zero attached hydrogens (tertiary/aromatic N) is 1. The SMILES string of the molecule is Oc1ccccc1CNCCc1ccccn1. The molecule has 0 aliphatic heterocycles. The highest BCUT2D eigenvalue weighted by molar-refractivity contribution is 5.31. The van der Waals surface area contributed by atoms with Crippen LogP contribution in [0.5, 0.6) is 5.75 Å². The Bertz CT molecular complexity index is 457. The average Bonchev–Trinajstić information content (AvgIpc) is 2.38. The van der Waals surface area contributed by atoms with E-state index in [9.17, 15) is 5.11 Å². The first kappa shape index (κ1) is 11.6. The smallest absolute Gasteiger partial charge is 0.120 e. The van der Waals surface area contributed by atoms with Gasteiger partial charge in [0.2, 0.25) is 0 Å². The minimum Gasteiger partial charge on any atom is -0.508 e. The van der Waals surface area contributed by atoms with Gasteiger partial charge in [0.15, 0.2) is 0 Å². The predicted octanol–water partition coefficient (Wildman–Crippen LogP) is 2.12. The van der Waals surface area contributed by atoms with Gasteiger partial charge in [-0.05, 0) is 18.2 Å². The van der Waals surface area contributed by atoms with E-state index in [1.54, 1.807) is 12.3 Å². The Morgan fingerprint density at radius 2 is 1.88 bits per heavy atom. The number of aromatic nitrogens is 1. The van der Waals surface area contributed by atoms with Gasteiger partial charge in [-0.2, -0.15) is 0 Å². The van der Waals surface area contributed by atoms with Gasteiger partial charge in [-0.15, -0.1) is 0 Å². The van der Waals surface area contributed by atoms with E-state index in [1.807, 2.05) is 36.4 Å². The number of para-hydroxylation sites is 1. The van der Waals surface area contributed by atoms with Gasteiger partial charge in [0.05, 0.1) is 0 Å². The molecular formula is C14H16N2O. The van der Waals surface area contributed by atoms with Gasteiger partial charge < -0.3 is 10.4 Å². The van der Waals surface area contributed by atoms with Crippen LogP contribution in [0.3, 0.4) is 0 Å². The summed E-state index contributed by atoms with van der Waals surface area (Å²) in [6, 6.07) is 13.3. The Kier molecular flexibility index (Phi) is 4.11. The number of hydrogen-bond donors (Lipinski definition) is 2. The van der Waals surface area contributed by atoms with E-state index in [1.165, 1.54) is 0 Å². The number of pyridine rings is 1. The third kappa shape index (κ3) is 3.57.